The summed E-state index contributed by atoms with van der Waals surface area (Å²) in [5.74, 6) is -0.287. The zero-order valence-electron chi connectivity index (χ0n) is 32.1. The maximum Gasteiger partial charge on any atom is 0.222 e. The number of carbonyl (C=O) groups excluding carboxylic acids is 1. The summed E-state index contributed by atoms with van der Waals surface area (Å²) in [4.78, 5) is 12.4. The molecule has 0 aromatic rings. The maximum atomic E-state index is 12.4. The summed E-state index contributed by atoms with van der Waals surface area (Å²) in [5.41, 5.74) is 0. The van der Waals surface area contributed by atoms with E-state index in [9.17, 15) is 20.1 Å². The Morgan fingerprint density at radius 3 is 1.31 bits per heavy atom. The molecule has 3 atom stereocenters. The normalized spacial score (nSPS) is 13.9. The number of unbranched alkanes of at least 4 members (excludes halogenated alkanes) is 26. The van der Waals surface area contributed by atoms with Crippen LogP contribution in [0.3, 0.4) is 0 Å². The van der Waals surface area contributed by atoms with Gasteiger partial charge in [-0.2, -0.15) is 0 Å². The molecule has 48 heavy (non-hydrogen) atoms. The van der Waals surface area contributed by atoms with Crippen molar-refractivity contribution in [2.45, 2.75) is 238 Å². The Balaban J connectivity index is 3.64. The van der Waals surface area contributed by atoms with E-state index in [-0.39, 0.29) is 18.9 Å². The molecule has 0 aromatic carbocycles. The van der Waals surface area contributed by atoms with E-state index in [1.165, 1.54) is 161 Å². The van der Waals surface area contributed by atoms with Gasteiger partial charge < -0.3 is 20.6 Å². The Morgan fingerprint density at radius 2 is 0.875 bits per heavy atom. The van der Waals surface area contributed by atoms with Crippen molar-refractivity contribution >= 4 is 5.91 Å². The SMILES string of the molecule is CCCCC/C=C\C=C/CCCCCCCCCCC(O)CC(=O)NC(CO)C(O)CCCCCCCCCCCCCCCCCC. The van der Waals surface area contributed by atoms with Crippen molar-refractivity contribution in [2.75, 3.05) is 6.61 Å². The summed E-state index contributed by atoms with van der Waals surface area (Å²) in [6, 6.07) is -0.658. The number of carbonyl (C=O) groups is 1. The van der Waals surface area contributed by atoms with E-state index in [0.717, 1.165) is 25.7 Å². The third kappa shape index (κ3) is 34.7. The molecule has 5 nitrogen and oxygen atoms in total. The van der Waals surface area contributed by atoms with E-state index in [4.69, 9.17) is 0 Å². The smallest absolute Gasteiger partial charge is 0.222 e. The number of hydrogen-bond donors (Lipinski definition) is 4. The molecule has 4 N–H and O–H groups in total. The topological polar surface area (TPSA) is 89.8 Å². The summed E-state index contributed by atoms with van der Waals surface area (Å²) >= 11 is 0. The minimum absolute atomic E-state index is 0.0331. The van der Waals surface area contributed by atoms with Gasteiger partial charge in [0.2, 0.25) is 5.91 Å². The summed E-state index contributed by atoms with van der Waals surface area (Å²) in [6.07, 6.45) is 45.6. The van der Waals surface area contributed by atoms with Crippen molar-refractivity contribution in [3.05, 3.63) is 24.3 Å². The number of aliphatic hydroxyl groups is 3. The predicted octanol–water partition coefficient (Wildman–Crippen LogP) is 11.8. The molecular formula is C43H83NO4. The molecule has 0 bridgehead atoms. The quantitative estimate of drug-likeness (QED) is 0.0387. The van der Waals surface area contributed by atoms with Crippen LogP contribution >= 0.6 is 0 Å². The van der Waals surface area contributed by atoms with E-state index in [0.29, 0.717) is 12.8 Å². The molecule has 0 aliphatic carbocycles. The zero-order chi connectivity index (χ0) is 35.2. The molecule has 0 spiro atoms. The van der Waals surface area contributed by atoms with Gasteiger partial charge in [-0.15, -0.1) is 0 Å². The van der Waals surface area contributed by atoms with Crippen molar-refractivity contribution in [1.29, 1.82) is 0 Å². The van der Waals surface area contributed by atoms with Crippen LogP contribution < -0.4 is 5.32 Å². The number of nitrogens with one attached hydrogen (secondary N) is 1. The van der Waals surface area contributed by atoms with Crippen molar-refractivity contribution < 1.29 is 20.1 Å². The van der Waals surface area contributed by atoms with Crippen LogP contribution in [-0.4, -0.2) is 46.1 Å². The molecule has 0 heterocycles. The molecule has 0 fully saturated rings. The fraction of sp³-hybridized carbons (Fsp3) is 0.884. The van der Waals surface area contributed by atoms with Crippen molar-refractivity contribution in [3.63, 3.8) is 0 Å². The average molecular weight is 678 g/mol. The third-order valence-corrected chi connectivity index (χ3v) is 9.80. The lowest BCUT2D eigenvalue weighted by Crippen LogP contribution is -2.46. The van der Waals surface area contributed by atoms with Crippen LogP contribution in [0, 0.1) is 0 Å². The summed E-state index contributed by atoms with van der Waals surface area (Å²) in [5, 5.41) is 33.4. The second kappa shape index (κ2) is 38.6. The van der Waals surface area contributed by atoms with E-state index in [2.05, 4.69) is 43.5 Å². The van der Waals surface area contributed by atoms with E-state index >= 15 is 0 Å². The number of rotatable bonds is 38. The molecule has 3 unspecified atom stereocenters. The van der Waals surface area contributed by atoms with Crippen LogP contribution in [0.4, 0.5) is 0 Å². The minimum atomic E-state index is -0.749. The Kier molecular flexibility index (Phi) is 37.7. The van der Waals surface area contributed by atoms with Gasteiger partial charge in [-0.05, 0) is 38.5 Å². The summed E-state index contributed by atoms with van der Waals surface area (Å²) < 4.78 is 0. The summed E-state index contributed by atoms with van der Waals surface area (Å²) in [6.45, 7) is 4.23. The molecule has 0 saturated heterocycles. The molecule has 0 saturated carbocycles. The van der Waals surface area contributed by atoms with Gasteiger partial charge in [0.25, 0.3) is 0 Å². The fourth-order valence-electron chi connectivity index (χ4n) is 6.51. The Labute approximate surface area is 299 Å². The predicted molar refractivity (Wildman–Crippen MR) is 208 cm³/mol. The molecular weight excluding hydrogens is 594 g/mol. The van der Waals surface area contributed by atoms with Gasteiger partial charge in [0.1, 0.15) is 0 Å². The fourth-order valence-corrected chi connectivity index (χ4v) is 6.51. The van der Waals surface area contributed by atoms with Gasteiger partial charge in [0, 0.05) is 0 Å². The Morgan fingerprint density at radius 1 is 0.521 bits per heavy atom. The molecule has 1 amide bonds. The van der Waals surface area contributed by atoms with Crippen LogP contribution in [-0.2, 0) is 4.79 Å². The molecule has 0 aliphatic rings. The molecule has 0 aromatic heterocycles. The third-order valence-electron chi connectivity index (χ3n) is 9.80. The summed E-state index contributed by atoms with van der Waals surface area (Å²) in [7, 11) is 0. The maximum absolute atomic E-state index is 12.4. The Hall–Kier alpha value is -1.17. The first-order chi connectivity index (χ1) is 23.5. The standard InChI is InChI=1S/C43H83NO4/c1-3-5-7-9-11-13-15-17-19-21-22-24-26-28-30-32-34-36-40(46)38-43(48)44-41(39-45)42(47)37-35-33-31-29-27-25-23-20-18-16-14-12-10-8-6-4-2/h11,13,15,17,40-42,45-47H,3-10,12,14,16,18-39H2,1-2H3,(H,44,48)/b13-11-,17-15-. The lowest BCUT2D eigenvalue weighted by molar-refractivity contribution is -0.125. The highest BCUT2D eigenvalue weighted by Gasteiger charge is 2.21. The second-order valence-electron chi connectivity index (χ2n) is 14.6. The highest BCUT2D eigenvalue weighted by atomic mass is 16.3. The first-order valence-corrected chi connectivity index (χ1v) is 21.1. The van der Waals surface area contributed by atoms with Crippen LogP contribution in [0.1, 0.15) is 219 Å². The monoisotopic (exact) mass is 678 g/mol. The highest BCUT2D eigenvalue weighted by molar-refractivity contribution is 5.76. The lowest BCUT2D eigenvalue weighted by atomic mass is 10.0. The van der Waals surface area contributed by atoms with Gasteiger partial charge in [-0.25, -0.2) is 0 Å². The molecule has 0 aliphatic heterocycles. The van der Waals surface area contributed by atoms with Gasteiger partial charge in [-0.1, -0.05) is 199 Å². The Bertz CT molecular complexity index is 709. The number of amides is 1. The number of allylic oxidation sites excluding steroid dienone is 4. The first-order valence-electron chi connectivity index (χ1n) is 21.1. The lowest BCUT2D eigenvalue weighted by Gasteiger charge is -2.23. The van der Waals surface area contributed by atoms with Crippen LogP contribution in [0.5, 0.6) is 0 Å². The largest absolute Gasteiger partial charge is 0.394 e. The number of aliphatic hydroxyl groups excluding tert-OH is 3. The highest BCUT2D eigenvalue weighted by Crippen LogP contribution is 2.16. The van der Waals surface area contributed by atoms with Crippen LogP contribution in [0.15, 0.2) is 24.3 Å². The molecule has 0 rings (SSSR count). The van der Waals surface area contributed by atoms with Crippen LogP contribution in [0.2, 0.25) is 0 Å². The van der Waals surface area contributed by atoms with Crippen molar-refractivity contribution in [2.24, 2.45) is 0 Å². The zero-order valence-corrected chi connectivity index (χ0v) is 32.1. The van der Waals surface area contributed by atoms with Gasteiger partial charge >= 0.3 is 0 Å². The molecule has 0 radical (unpaired) electrons. The van der Waals surface area contributed by atoms with Gasteiger partial charge in [0.05, 0.1) is 31.3 Å². The van der Waals surface area contributed by atoms with Crippen molar-refractivity contribution in [1.82, 2.24) is 5.32 Å². The van der Waals surface area contributed by atoms with Crippen LogP contribution in [0.25, 0.3) is 0 Å². The molecule has 5 heteroatoms. The average Bonchev–Trinajstić information content (AvgIpc) is 3.08. The number of hydrogen-bond acceptors (Lipinski definition) is 4. The van der Waals surface area contributed by atoms with Crippen molar-refractivity contribution in [3.8, 4) is 0 Å². The van der Waals surface area contributed by atoms with E-state index < -0.39 is 18.2 Å². The van der Waals surface area contributed by atoms with Gasteiger partial charge in [-0.3, -0.25) is 4.79 Å². The van der Waals surface area contributed by atoms with E-state index in [1.54, 1.807) is 0 Å². The van der Waals surface area contributed by atoms with E-state index in [1.807, 2.05) is 0 Å². The van der Waals surface area contributed by atoms with Gasteiger partial charge in [0.15, 0.2) is 0 Å². The first kappa shape index (κ1) is 46.8. The minimum Gasteiger partial charge on any atom is -0.394 e. The second-order valence-corrected chi connectivity index (χ2v) is 14.6. The molecule has 284 valence electrons.